The SMILES string of the molecule is CC(C)OC(=O)C(C)NP(=O)(OC[C@H]1O[C@@H](n2ccc(N)nc2=O)[C@]2(C)COC(C)(C)O[C@H]12)Oc1ccccc1. The first-order valence-corrected chi connectivity index (χ1v) is 14.5. The third kappa shape index (κ3) is 6.73. The Balaban J connectivity index is 1.60. The highest BCUT2D eigenvalue weighted by atomic mass is 31.2. The third-order valence-corrected chi connectivity index (χ3v) is 8.18. The third-order valence-electron chi connectivity index (χ3n) is 6.54. The molecule has 3 N–H and O–H groups in total. The summed E-state index contributed by atoms with van der Waals surface area (Å²) in [6.07, 6.45) is -1.18. The van der Waals surface area contributed by atoms with Crippen molar-refractivity contribution in [2.75, 3.05) is 18.9 Å². The van der Waals surface area contributed by atoms with Crippen LogP contribution >= 0.6 is 7.75 Å². The minimum atomic E-state index is -4.17. The Hall–Kier alpha value is -2.80. The highest BCUT2D eigenvalue weighted by Gasteiger charge is 2.60. The molecule has 2 aliphatic heterocycles. The van der Waals surface area contributed by atoms with Crippen molar-refractivity contribution in [3.05, 3.63) is 53.1 Å². The van der Waals surface area contributed by atoms with E-state index in [2.05, 4.69) is 10.1 Å². The van der Waals surface area contributed by atoms with E-state index in [4.69, 9.17) is 33.7 Å². The maximum absolute atomic E-state index is 14.0. The number of anilines is 1. The topological polar surface area (TPSA) is 162 Å². The molecule has 1 aromatic carbocycles. The zero-order chi connectivity index (χ0) is 29.3. The maximum atomic E-state index is 14.0. The molecular formula is C26H37N4O9P. The molecule has 0 saturated carbocycles. The molecule has 2 aliphatic rings. The highest BCUT2D eigenvalue weighted by Crippen LogP contribution is 2.53. The van der Waals surface area contributed by atoms with Crippen LogP contribution < -0.4 is 21.0 Å². The lowest BCUT2D eigenvalue weighted by Crippen LogP contribution is -2.55. The number of nitrogens with one attached hydrogen (secondary N) is 1. The lowest BCUT2D eigenvalue weighted by molar-refractivity contribution is -0.314. The summed E-state index contributed by atoms with van der Waals surface area (Å²) in [4.78, 5) is 29.0. The molecule has 0 radical (unpaired) electrons. The average Bonchev–Trinajstić information content (AvgIpc) is 3.14. The summed E-state index contributed by atoms with van der Waals surface area (Å²) >= 11 is 0. The largest absolute Gasteiger partial charge is 0.462 e. The number of hydrogen-bond acceptors (Lipinski definition) is 11. The van der Waals surface area contributed by atoms with Crippen molar-refractivity contribution >= 4 is 19.5 Å². The lowest BCUT2D eigenvalue weighted by Gasteiger charge is -2.45. The number of benzene rings is 1. The Morgan fingerprint density at radius 3 is 2.58 bits per heavy atom. The van der Waals surface area contributed by atoms with Gasteiger partial charge in [0, 0.05) is 6.20 Å². The summed E-state index contributed by atoms with van der Waals surface area (Å²) in [5.74, 6) is -1.23. The van der Waals surface area contributed by atoms with Gasteiger partial charge in [0.25, 0.3) is 0 Å². The second kappa shape index (κ2) is 11.6. The Morgan fingerprint density at radius 1 is 1.23 bits per heavy atom. The van der Waals surface area contributed by atoms with Gasteiger partial charge in [0.05, 0.1) is 24.7 Å². The Labute approximate surface area is 232 Å². The number of hydrogen-bond donors (Lipinski definition) is 2. The first kappa shape index (κ1) is 30.2. The van der Waals surface area contributed by atoms with Crippen LogP contribution in [0.4, 0.5) is 5.82 Å². The smallest absolute Gasteiger partial charge is 0.459 e. The Morgan fingerprint density at radius 2 is 1.93 bits per heavy atom. The molecule has 6 atom stereocenters. The quantitative estimate of drug-likeness (QED) is 0.312. The van der Waals surface area contributed by atoms with E-state index in [1.165, 1.54) is 23.8 Å². The fourth-order valence-electron chi connectivity index (χ4n) is 4.61. The highest BCUT2D eigenvalue weighted by molar-refractivity contribution is 7.52. The van der Waals surface area contributed by atoms with Crippen LogP contribution in [0.3, 0.4) is 0 Å². The molecule has 0 aliphatic carbocycles. The normalized spacial score (nSPS) is 27.9. The van der Waals surface area contributed by atoms with E-state index in [0.717, 1.165) is 0 Å². The van der Waals surface area contributed by atoms with Crippen LogP contribution in [-0.2, 0) is 32.8 Å². The monoisotopic (exact) mass is 580 g/mol. The zero-order valence-electron chi connectivity index (χ0n) is 23.4. The number of carbonyl (C=O) groups excluding carboxylic acids is 1. The number of carbonyl (C=O) groups is 1. The molecule has 40 heavy (non-hydrogen) atoms. The molecule has 0 bridgehead atoms. The maximum Gasteiger partial charge on any atom is 0.459 e. The van der Waals surface area contributed by atoms with Gasteiger partial charge in [-0.25, -0.2) is 9.36 Å². The molecule has 14 heteroatoms. The first-order valence-electron chi connectivity index (χ1n) is 13.0. The van der Waals surface area contributed by atoms with E-state index in [-0.39, 0.29) is 30.9 Å². The van der Waals surface area contributed by atoms with Crippen LogP contribution in [0.1, 0.15) is 47.8 Å². The van der Waals surface area contributed by atoms with E-state index >= 15 is 0 Å². The molecule has 2 fully saturated rings. The van der Waals surface area contributed by atoms with Crippen molar-refractivity contribution in [3.63, 3.8) is 0 Å². The van der Waals surface area contributed by atoms with E-state index in [9.17, 15) is 14.2 Å². The number of aromatic nitrogens is 2. The van der Waals surface area contributed by atoms with E-state index in [0.29, 0.717) is 0 Å². The van der Waals surface area contributed by atoms with Crippen molar-refractivity contribution in [3.8, 4) is 5.75 Å². The van der Waals surface area contributed by atoms with Crippen molar-refractivity contribution in [1.29, 1.82) is 0 Å². The number of nitrogens with two attached hydrogens (primary N) is 1. The number of fused-ring (bicyclic) bond motifs is 1. The van der Waals surface area contributed by atoms with Gasteiger partial charge >= 0.3 is 19.4 Å². The van der Waals surface area contributed by atoms with Gasteiger partial charge in [-0.3, -0.25) is 13.9 Å². The van der Waals surface area contributed by atoms with Gasteiger partial charge in [0.1, 0.15) is 36.0 Å². The summed E-state index contributed by atoms with van der Waals surface area (Å²) in [7, 11) is -4.17. The standard InChI is InChI=1S/C26H37N4O9P/c1-16(2)36-22(31)17(3)29-40(33,39-18-10-8-7-9-11-18)35-14-19-21-26(6,15-34-25(4,5)38-21)23(37-19)30-13-12-20(27)28-24(30)32/h7-13,16-17,19,21,23H,14-15H2,1-6H3,(H,29,33)(H2,27,28,32)/t17?,19-,21-,23-,26-,40?/m1/s1. The van der Waals surface area contributed by atoms with Crippen LogP contribution in [0, 0.1) is 5.41 Å². The minimum absolute atomic E-state index is 0.0771. The number of rotatable bonds is 10. The number of esters is 1. The number of ether oxygens (including phenoxy) is 4. The summed E-state index contributed by atoms with van der Waals surface area (Å²) in [5.41, 5.74) is 4.23. The van der Waals surface area contributed by atoms with Crippen LogP contribution in [0.15, 0.2) is 47.4 Å². The van der Waals surface area contributed by atoms with Crippen molar-refractivity contribution in [2.45, 2.75) is 77.9 Å². The molecule has 220 valence electrons. The average molecular weight is 581 g/mol. The van der Waals surface area contributed by atoms with Crippen LogP contribution in [0.25, 0.3) is 0 Å². The molecule has 13 nitrogen and oxygen atoms in total. The fraction of sp³-hybridized carbons (Fsp3) is 0.577. The molecule has 4 rings (SSSR count). The molecular weight excluding hydrogens is 543 g/mol. The summed E-state index contributed by atoms with van der Waals surface area (Å²) in [6, 6.07) is 8.89. The van der Waals surface area contributed by atoms with Crippen molar-refractivity contribution < 1.29 is 37.4 Å². The summed E-state index contributed by atoms with van der Waals surface area (Å²) < 4.78 is 50.7. The van der Waals surface area contributed by atoms with Crippen molar-refractivity contribution in [2.24, 2.45) is 5.41 Å². The molecule has 2 saturated heterocycles. The van der Waals surface area contributed by atoms with Gasteiger partial charge in [-0.2, -0.15) is 10.1 Å². The predicted molar refractivity (Wildman–Crippen MR) is 144 cm³/mol. The molecule has 1 aromatic heterocycles. The Kier molecular flexibility index (Phi) is 8.74. The van der Waals surface area contributed by atoms with Gasteiger partial charge in [-0.15, -0.1) is 0 Å². The molecule has 2 aromatic rings. The van der Waals surface area contributed by atoms with Gasteiger partial charge < -0.3 is 29.2 Å². The van der Waals surface area contributed by atoms with E-state index in [1.54, 1.807) is 58.0 Å². The molecule has 0 spiro atoms. The van der Waals surface area contributed by atoms with E-state index < -0.39 is 55.1 Å². The van der Waals surface area contributed by atoms with E-state index in [1.807, 2.05) is 6.92 Å². The van der Waals surface area contributed by atoms with Gasteiger partial charge in [0.15, 0.2) is 5.79 Å². The summed E-state index contributed by atoms with van der Waals surface area (Å²) in [5, 5.41) is 2.66. The minimum Gasteiger partial charge on any atom is -0.462 e. The zero-order valence-corrected chi connectivity index (χ0v) is 24.3. The number of nitrogen functional groups attached to an aromatic ring is 1. The molecule has 0 amide bonds. The summed E-state index contributed by atoms with van der Waals surface area (Å²) in [6.45, 7) is 10.2. The van der Waals surface area contributed by atoms with Gasteiger partial charge in [-0.1, -0.05) is 25.1 Å². The number of para-hydroxylation sites is 1. The van der Waals surface area contributed by atoms with Crippen LogP contribution in [0.5, 0.6) is 5.75 Å². The second-order valence-corrected chi connectivity index (χ2v) is 12.5. The van der Waals surface area contributed by atoms with Crippen LogP contribution in [0.2, 0.25) is 0 Å². The van der Waals surface area contributed by atoms with Crippen molar-refractivity contribution in [1.82, 2.24) is 14.6 Å². The van der Waals surface area contributed by atoms with Gasteiger partial charge in [0.2, 0.25) is 0 Å². The lowest BCUT2D eigenvalue weighted by atomic mass is 9.81. The second-order valence-electron chi connectivity index (χ2n) is 10.8. The molecule has 2 unspecified atom stereocenters. The van der Waals surface area contributed by atoms with Crippen LogP contribution in [-0.4, -0.2) is 58.9 Å². The molecule has 3 heterocycles. The predicted octanol–water partition coefficient (Wildman–Crippen LogP) is 3.01. The first-order chi connectivity index (χ1) is 18.7. The fourth-order valence-corrected chi connectivity index (χ4v) is 6.11. The van der Waals surface area contributed by atoms with Gasteiger partial charge in [-0.05, 0) is 52.8 Å². The number of nitrogens with zero attached hydrogens (tertiary/aromatic N) is 2. The Bertz CT molecular complexity index is 1300.